The van der Waals surface area contributed by atoms with Gasteiger partial charge in [0.1, 0.15) is 23.9 Å². The van der Waals surface area contributed by atoms with E-state index in [4.69, 9.17) is 10.8 Å². The van der Waals surface area contributed by atoms with Crippen molar-refractivity contribution < 1.29 is 39.3 Å². The van der Waals surface area contributed by atoms with Crippen LogP contribution in [0.2, 0.25) is 0 Å². The predicted molar refractivity (Wildman–Crippen MR) is 121 cm³/mol. The van der Waals surface area contributed by atoms with Gasteiger partial charge >= 0.3 is 11.9 Å². The van der Waals surface area contributed by atoms with Crippen LogP contribution in [-0.2, 0) is 30.4 Å². The van der Waals surface area contributed by atoms with Crippen LogP contribution in [0.3, 0.4) is 0 Å². The number of hydrogen-bond acceptors (Lipinski definition) is 7. The van der Waals surface area contributed by atoms with E-state index in [0.29, 0.717) is 12.0 Å². The van der Waals surface area contributed by atoms with Gasteiger partial charge in [-0.05, 0) is 37.0 Å². The number of hydrogen-bond donors (Lipinski definition) is 7. The molecule has 5 atom stereocenters. The number of benzene rings is 1. The van der Waals surface area contributed by atoms with Crippen LogP contribution < -0.4 is 21.7 Å². The Balaban J connectivity index is 2.94. The second kappa shape index (κ2) is 13.1. The highest BCUT2D eigenvalue weighted by molar-refractivity contribution is 5.95. The van der Waals surface area contributed by atoms with E-state index in [0.717, 1.165) is 0 Å². The molecular weight excluding hydrogens is 448 g/mol. The van der Waals surface area contributed by atoms with Crippen molar-refractivity contribution in [2.24, 2.45) is 11.7 Å². The Labute approximate surface area is 196 Å². The molecule has 8 N–H and O–H groups in total. The molecule has 0 heterocycles. The van der Waals surface area contributed by atoms with Crippen LogP contribution in [0.4, 0.5) is 0 Å². The summed E-state index contributed by atoms with van der Waals surface area (Å²) in [6.07, 6.45) is -0.240. The number of carbonyl (C=O) groups excluding carboxylic acids is 3. The molecule has 0 aromatic heterocycles. The van der Waals surface area contributed by atoms with Gasteiger partial charge in [0.05, 0.1) is 12.5 Å². The minimum absolute atomic E-state index is 0.0395. The number of carboxylic acid groups (broad SMARTS) is 2. The molecule has 1 rings (SSSR count). The molecule has 0 aliphatic heterocycles. The van der Waals surface area contributed by atoms with Crippen molar-refractivity contribution in [2.45, 2.75) is 64.2 Å². The van der Waals surface area contributed by atoms with Crippen molar-refractivity contribution in [1.82, 2.24) is 16.0 Å². The first-order valence-electron chi connectivity index (χ1n) is 10.7. The minimum Gasteiger partial charge on any atom is -0.508 e. The van der Waals surface area contributed by atoms with E-state index in [2.05, 4.69) is 16.0 Å². The van der Waals surface area contributed by atoms with Gasteiger partial charge in [0.25, 0.3) is 0 Å². The van der Waals surface area contributed by atoms with Crippen LogP contribution in [-0.4, -0.2) is 69.1 Å². The third-order valence-corrected chi connectivity index (χ3v) is 5.26. The van der Waals surface area contributed by atoms with Crippen LogP contribution >= 0.6 is 0 Å². The molecule has 3 amide bonds. The summed E-state index contributed by atoms with van der Waals surface area (Å²) in [5.41, 5.74) is 6.54. The Hall–Kier alpha value is -3.67. The molecule has 34 heavy (non-hydrogen) atoms. The highest BCUT2D eigenvalue weighted by Gasteiger charge is 2.32. The molecule has 12 nitrogen and oxygen atoms in total. The van der Waals surface area contributed by atoms with Crippen molar-refractivity contribution in [3.8, 4) is 5.75 Å². The quantitative estimate of drug-likeness (QED) is 0.191. The lowest BCUT2D eigenvalue weighted by molar-refractivity contribution is -0.143. The number of aliphatic carboxylic acids is 2. The minimum atomic E-state index is -1.52. The zero-order valence-electron chi connectivity index (χ0n) is 19.3. The number of rotatable bonds is 13. The van der Waals surface area contributed by atoms with Gasteiger partial charge in [-0.15, -0.1) is 0 Å². The third-order valence-electron chi connectivity index (χ3n) is 5.26. The van der Waals surface area contributed by atoms with Gasteiger partial charge in [-0.2, -0.15) is 0 Å². The van der Waals surface area contributed by atoms with Gasteiger partial charge in [-0.3, -0.25) is 24.0 Å². The van der Waals surface area contributed by atoms with Gasteiger partial charge < -0.3 is 37.0 Å². The monoisotopic (exact) mass is 480 g/mol. The highest BCUT2D eigenvalue weighted by Crippen LogP contribution is 2.12. The van der Waals surface area contributed by atoms with E-state index in [1.807, 2.05) is 0 Å². The molecule has 188 valence electrons. The first kappa shape index (κ1) is 28.4. The molecule has 12 heteroatoms. The first-order chi connectivity index (χ1) is 15.8. The Morgan fingerprint density at radius 3 is 2.00 bits per heavy atom. The molecule has 0 radical (unpaired) electrons. The Morgan fingerprint density at radius 1 is 0.912 bits per heavy atom. The van der Waals surface area contributed by atoms with Gasteiger partial charge in [-0.1, -0.05) is 32.4 Å². The number of aromatic hydroxyl groups is 1. The Kier molecular flexibility index (Phi) is 11.0. The summed E-state index contributed by atoms with van der Waals surface area (Å²) in [7, 11) is 0. The molecule has 0 aliphatic carbocycles. The maximum Gasteiger partial charge on any atom is 0.325 e. The van der Waals surface area contributed by atoms with Crippen molar-refractivity contribution in [3.63, 3.8) is 0 Å². The second-order valence-corrected chi connectivity index (χ2v) is 8.08. The lowest BCUT2D eigenvalue weighted by Gasteiger charge is -2.27. The van der Waals surface area contributed by atoms with Gasteiger partial charge in [0.2, 0.25) is 17.7 Å². The van der Waals surface area contributed by atoms with Crippen LogP contribution in [0.25, 0.3) is 0 Å². The van der Waals surface area contributed by atoms with Crippen molar-refractivity contribution in [3.05, 3.63) is 29.8 Å². The topological polar surface area (TPSA) is 208 Å². The average molecular weight is 481 g/mol. The molecule has 0 saturated heterocycles. The van der Waals surface area contributed by atoms with E-state index >= 15 is 0 Å². The maximum atomic E-state index is 12.8. The molecule has 0 spiro atoms. The fourth-order valence-electron chi connectivity index (χ4n) is 2.96. The largest absolute Gasteiger partial charge is 0.508 e. The first-order valence-corrected chi connectivity index (χ1v) is 10.7. The Morgan fingerprint density at radius 2 is 1.50 bits per heavy atom. The van der Waals surface area contributed by atoms with Crippen LogP contribution in [0.1, 0.15) is 39.2 Å². The van der Waals surface area contributed by atoms with Gasteiger partial charge in [0, 0.05) is 0 Å². The zero-order valence-corrected chi connectivity index (χ0v) is 19.3. The van der Waals surface area contributed by atoms with Crippen molar-refractivity contribution >= 4 is 29.7 Å². The second-order valence-electron chi connectivity index (χ2n) is 8.08. The van der Waals surface area contributed by atoms with E-state index in [9.17, 15) is 34.2 Å². The Bertz CT molecular complexity index is 889. The number of carbonyl (C=O) groups is 5. The maximum absolute atomic E-state index is 12.8. The van der Waals surface area contributed by atoms with Crippen LogP contribution in [0, 0.1) is 5.92 Å². The number of amides is 3. The number of nitrogens with one attached hydrogen (secondary N) is 3. The SMILES string of the molecule is CCC(C)C(NC(=O)C(CC(=O)O)NC(=O)C(N)Cc1ccc(O)cc1)C(=O)NC(C)C(=O)O. The molecular formula is C22H32N4O8. The standard InChI is InChI=1S/C22H32N4O8/c1-4-11(2)18(21(32)24-12(3)22(33)34)26-20(31)16(10-17(28)29)25-19(30)15(23)9-13-5-7-14(27)8-6-13/h5-8,11-12,15-16,18,27H,4,9-10,23H2,1-3H3,(H,24,32)(H,25,30)(H,26,31)(H,28,29)(H,33,34). The predicted octanol–water partition coefficient (Wildman–Crippen LogP) is -0.658. The van der Waals surface area contributed by atoms with Crippen molar-refractivity contribution in [2.75, 3.05) is 0 Å². The smallest absolute Gasteiger partial charge is 0.325 e. The van der Waals surface area contributed by atoms with E-state index in [1.54, 1.807) is 26.0 Å². The van der Waals surface area contributed by atoms with Crippen molar-refractivity contribution in [1.29, 1.82) is 0 Å². The summed E-state index contributed by atoms with van der Waals surface area (Å²) in [5.74, 6) is -5.45. The van der Waals surface area contributed by atoms with E-state index in [-0.39, 0.29) is 12.2 Å². The number of phenols is 1. The number of phenolic OH excluding ortho intramolecular Hbond substituents is 1. The summed E-state index contributed by atoms with van der Waals surface area (Å²) < 4.78 is 0. The van der Waals surface area contributed by atoms with E-state index < -0.39 is 66.2 Å². The fourth-order valence-corrected chi connectivity index (χ4v) is 2.96. The summed E-state index contributed by atoms with van der Waals surface area (Å²) in [6.45, 7) is 4.68. The zero-order chi connectivity index (χ0) is 26.0. The molecule has 0 saturated carbocycles. The number of carboxylic acids is 2. The summed E-state index contributed by atoms with van der Waals surface area (Å²) in [5, 5.41) is 34.6. The summed E-state index contributed by atoms with van der Waals surface area (Å²) >= 11 is 0. The highest BCUT2D eigenvalue weighted by atomic mass is 16.4. The molecule has 5 unspecified atom stereocenters. The van der Waals surface area contributed by atoms with Gasteiger partial charge in [0.15, 0.2) is 0 Å². The molecule has 1 aromatic carbocycles. The molecule has 1 aromatic rings. The van der Waals surface area contributed by atoms with Crippen LogP contribution in [0.5, 0.6) is 5.75 Å². The van der Waals surface area contributed by atoms with Gasteiger partial charge in [-0.25, -0.2) is 0 Å². The van der Waals surface area contributed by atoms with Crippen LogP contribution in [0.15, 0.2) is 24.3 Å². The summed E-state index contributed by atoms with van der Waals surface area (Å²) in [4.78, 5) is 60.3. The summed E-state index contributed by atoms with van der Waals surface area (Å²) in [6, 6.07) is 0.986. The van der Waals surface area contributed by atoms with E-state index in [1.165, 1.54) is 19.1 Å². The molecule has 0 fully saturated rings. The lowest BCUT2D eigenvalue weighted by Crippen LogP contribution is -2.58. The average Bonchev–Trinajstić information content (AvgIpc) is 2.77. The molecule has 0 bridgehead atoms. The normalized spacial score (nSPS) is 15.2. The third kappa shape index (κ3) is 9.06. The molecule has 0 aliphatic rings. The number of nitrogens with two attached hydrogens (primary N) is 1. The fraction of sp³-hybridized carbons (Fsp3) is 0.500. The lowest BCUT2D eigenvalue weighted by atomic mass is 9.97.